The molecule has 2 aromatic heterocycles. The minimum Gasteiger partial charge on any atom is -0.487 e. The summed E-state index contributed by atoms with van der Waals surface area (Å²) in [6, 6.07) is 9.78. The van der Waals surface area contributed by atoms with Crippen LogP contribution in [0.3, 0.4) is 0 Å². The zero-order valence-electron chi connectivity index (χ0n) is 15.3. The lowest BCUT2D eigenvalue weighted by molar-refractivity contribution is 0.146. The minimum atomic E-state index is -0.513. The minimum absolute atomic E-state index is 0.309. The van der Waals surface area contributed by atoms with E-state index in [1.807, 2.05) is 30.3 Å². The number of aromatic nitrogens is 4. The van der Waals surface area contributed by atoms with Crippen molar-refractivity contribution in [3.63, 3.8) is 0 Å². The molecule has 1 aliphatic carbocycles. The monoisotopic (exact) mass is 369 g/mol. The third kappa shape index (κ3) is 3.58. The summed E-state index contributed by atoms with van der Waals surface area (Å²) in [5.41, 5.74) is 7.34. The van der Waals surface area contributed by atoms with E-state index >= 15 is 0 Å². The van der Waals surface area contributed by atoms with Crippen molar-refractivity contribution < 1.29 is 14.0 Å². The molecule has 0 atom stereocenters. The number of methoxy groups -OCH3 is 1. The van der Waals surface area contributed by atoms with Gasteiger partial charge in [-0.2, -0.15) is 10.1 Å². The molecular weight excluding hydrogens is 346 g/mol. The fourth-order valence-electron chi connectivity index (χ4n) is 3.31. The van der Waals surface area contributed by atoms with E-state index in [-0.39, 0.29) is 0 Å². The van der Waals surface area contributed by atoms with Gasteiger partial charge in [-0.3, -0.25) is 0 Å². The lowest BCUT2D eigenvalue weighted by Crippen LogP contribution is -2.34. The van der Waals surface area contributed by atoms with Crippen LogP contribution in [0, 0.1) is 0 Å². The molecule has 0 spiro atoms. The van der Waals surface area contributed by atoms with Crippen LogP contribution in [0.25, 0.3) is 17.3 Å². The normalized spacial score (nSPS) is 15.9. The molecule has 2 heterocycles. The Labute approximate surface area is 157 Å². The van der Waals surface area contributed by atoms with Crippen LogP contribution in [0.5, 0.6) is 5.75 Å². The van der Waals surface area contributed by atoms with Crippen molar-refractivity contribution in [2.45, 2.75) is 31.2 Å². The van der Waals surface area contributed by atoms with E-state index in [0.717, 1.165) is 31.4 Å². The first kappa shape index (κ1) is 17.7. The lowest BCUT2D eigenvalue weighted by Gasteiger charge is -2.17. The van der Waals surface area contributed by atoms with E-state index in [2.05, 4.69) is 15.2 Å². The molecule has 2 N–H and O–H groups in total. The van der Waals surface area contributed by atoms with Gasteiger partial charge in [0.05, 0.1) is 24.0 Å². The van der Waals surface area contributed by atoms with E-state index < -0.39 is 5.54 Å². The first-order valence-electron chi connectivity index (χ1n) is 9.10. The molecule has 4 rings (SSSR count). The summed E-state index contributed by atoms with van der Waals surface area (Å²) in [5.74, 6) is 1.40. The SMILES string of the molecule is COCCOc1cn(-c2ccccc2)nc1-c1nc(C2(N)CCCC2)no1. The van der Waals surface area contributed by atoms with Gasteiger partial charge in [-0.15, -0.1) is 0 Å². The number of nitrogens with two attached hydrogens (primary N) is 1. The molecule has 8 nitrogen and oxygen atoms in total. The first-order chi connectivity index (χ1) is 13.2. The molecule has 0 aliphatic heterocycles. The van der Waals surface area contributed by atoms with Gasteiger partial charge >= 0.3 is 0 Å². The Morgan fingerprint density at radius 2 is 1.96 bits per heavy atom. The standard InChI is InChI=1S/C19H23N5O3/c1-25-11-12-26-15-13-24(14-7-3-2-4-8-14)22-16(15)17-21-18(23-27-17)19(20)9-5-6-10-19/h2-4,7-8,13H,5-6,9-12,20H2,1H3. The van der Waals surface area contributed by atoms with Crippen LogP contribution < -0.4 is 10.5 Å². The summed E-state index contributed by atoms with van der Waals surface area (Å²) in [5, 5.41) is 8.73. The van der Waals surface area contributed by atoms with Gasteiger partial charge in [0.2, 0.25) is 0 Å². The maximum atomic E-state index is 6.45. The number of ether oxygens (including phenoxy) is 2. The molecule has 27 heavy (non-hydrogen) atoms. The molecule has 8 heteroatoms. The number of benzene rings is 1. The van der Waals surface area contributed by atoms with Gasteiger partial charge in [-0.25, -0.2) is 4.68 Å². The third-order valence-electron chi connectivity index (χ3n) is 4.82. The van der Waals surface area contributed by atoms with E-state index in [9.17, 15) is 0 Å². The van der Waals surface area contributed by atoms with Crippen LogP contribution in [0.1, 0.15) is 31.5 Å². The van der Waals surface area contributed by atoms with Crippen molar-refractivity contribution in [3.8, 4) is 23.0 Å². The average Bonchev–Trinajstić information content (AvgIpc) is 3.42. The molecule has 0 saturated heterocycles. The largest absolute Gasteiger partial charge is 0.487 e. The van der Waals surface area contributed by atoms with Crippen molar-refractivity contribution >= 4 is 0 Å². The smallest absolute Gasteiger partial charge is 0.282 e. The molecule has 0 unspecified atom stereocenters. The second-order valence-electron chi connectivity index (χ2n) is 6.75. The maximum absolute atomic E-state index is 6.45. The fourth-order valence-corrected chi connectivity index (χ4v) is 3.31. The highest BCUT2D eigenvalue weighted by Crippen LogP contribution is 2.36. The van der Waals surface area contributed by atoms with Crippen molar-refractivity contribution in [3.05, 3.63) is 42.4 Å². The van der Waals surface area contributed by atoms with Gasteiger partial charge in [0, 0.05) is 7.11 Å². The molecule has 0 bridgehead atoms. The molecule has 1 aromatic carbocycles. The van der Waals surface area contributed by atoms with Crippen LogP contribution in [0.2, 0.25) is 0 Å². The maximum Gasteiger partial charge on any atom is 0.282 e. The van der Waals surface area contributed by atoms with Crippen LogP contribution in [-0.4, -0.2) is 40.2 Å². The highest BCUT2D eigenvalue weighted by atomic mass is 16.5. The summed E-state index contributed by atoms with van der Waals surface area (Å²) in [4.78, 5) is 4.54. The third-order valence-corrected chi connectivity index (χ3v) is 4.82. The molecule has 0 amide bonds. The number of hydrogen-bond acceptors (Lipinski definition) is 7. The van der Waals surface area contributed by atoms with Crippen molar-refractivity contribution in [2.24, 2.45) is 5.73 Å². The molecular formula is C19H23N5O3. The van der Waals surface area contributed by atoms with Gasteiger partial charge in [0.25, 0.3) is 5.89 Å². The second kappa shape index (κ2) is 7.50. The number of para-hydroxylation sites is 1. The Balaban J connectivity index is 1.68. The van der Waals surface area contributed by atoms with E-state index in [1.54, 1.807) is 18.0 Å². The predicted molar refractivity (Wildman–Crippen MR) is 98.6 cm³/mol. The topological polar surface area (TPSA) is 101 Å². The van der Waals surface area contributed by atoms with Crippen LogP contribution in [-0.2, 0) is 10.3 Å². The molecule has 1 aliphatic rings. The van der Waals surface area contributed by atoms with E-state index in [0.29, 0.717) is 36.4 Å². The molecule has 1 saturated carbocycles. The van der Waals surface area contributed by atoms with Gasteiger partial charge in [-0.05, 0) is 25.0 Å². The van der Waals surface area contributed by atoms with Crippen molar-refractivity contribution in [2.75, 3.05) is 20.3 Å². The van der Waals surface area contributed by atoms with Gasteiger partial charge < -0.3 is 19.7 Å². The Hall–Kier alpha value is -2.71. The van der Waals surface area contributed by atoms with Crippen molar-refractivity contribution in [1.29, 1.82) is 0 Å². The summed E-state index contributed by atoms with van der Waals surface area (Å²) in [7, 11) is 1.63. The van der Waals surface area contributed by atoms with E-state index in [4.69, 9.17) is 19.7 Å². The second-order valence-corrected chi connectivity index (χ2v) is 6.75. The average molecular weight is 369 g/mol. The predicted octanol–water partition coefficient (Wildman–Crippen LogP) is 2.68. The summed E-state index contributed by atoms with van der Waals surface area (Å²) < 4.78 is 18.1. The molecule has 142 valence electrons. The summed E-state index contributed by atoms with van der Waals surface area (Å²) >= 11 is 0. The van der Waals surface area contributed by atoms with Gasteiger partial charge in [-0.1, -0.05) is 36.2 Å². The Kier molecular flexibility index (Phi) is 4.91. The quantitative estimate of drug-likeness (QED) is 0.639. The zero-order valence-corrected chi connectivity index (χ0v) is 15.3. The summed E-state index contributed by atoms with van der Waals surface area (Å²) in [6.45, 7) is 0.864. The van der Waals surface area contributed by atoms with Crippen LogP contribution in [0.15, 0.2) is 41.1 Å². The Bertz CT molecular complexity index is 884. The van der Waals surface area contributed by atoms with Gasteiger partial charge in [0.15, 0.2) is 17.3 Å². The molecule has 0 radical (unpaired) electrons. The Morgan fingerprint density at radius 3 is 2.70 bits per heavy atom. The summed E-state index contributed by atoms with van der Waals surface area (Å²) in [6.07, 6.45) is 5.68. The molecule has 3 aromatic rings. The fraction of sp³-hybridized carbons (Fsp3) is 0.421. The number of rotatable bonds is 7. The highest BCUT2D eigenvalue weighted by molar-refractivity contribution is 5.57. The zero-order chi connectivity index (χ0) is 18.7. The first-order valence-corrected chi connectivity index (χ1v) is 9.10. The van der Waals surface area contributed by atoms with Gasteiger partial charge in [0.1, 0.15) is 6.61 Å². The Morgan fingerprint density at radius 1 is 1.19 bits per heavy atom. The number of nitrogens with zero attached hydrogens (tertiary/aromatic N) is 4. The lowest BCUT2D eigenvalue weighted by atomic mass is 9.99. The van der Waals surface area contributed by atoms with Crippen LogP contribution >= 0.6 is 0 Å². The highest BCUT2D eigenvalue weighted by Gasteiger charge is 2.36. The van der Waals surface area contributed by atoms with E-state index in [1.165, 1.54) is 0 Å². The molecule has 1 fully saturated rings. The van der Waals surface area contributed by atoms with Crippen LogP contribution in [0.4, 0.5) is 0 Å². The number of hydrogen-bond donors (Lipinski definition) is 1. The van der Waals surface area contributed by atoms with Crippen molar-refractivity contribution in [1.82, 2.24) is 19.9 Å².